The van der Waals surface area contributed by atoms with Crippen LogP contribution in [0.1, 0.15) is 50.8 Å². The summed E-state index contributed by atoms with van der Waals surface area (Å²) in [7, 11) is 0. The smallest absolute Gasteiger partial charge is 0.262 e. The third-order valence-corrected chi connectivity index (χ3v) is 7.00. The fraction of sp³-hybridized carbons (Fsp3) is 0.483. The van der Waals surface area contributed by atoms with E-state index < -0.39 is 0 Å². The van der Waals surface area contributed by atoms with Gasteiger partial charge < -0.3 is 9.64 Å². The molecule has 2 aromatic rings. The van der Waals surface area contributed by atoms with Crippen LogP contribution in [-0.2, 0) is 14.3 Å². The summed E-state index contributed by atoms with van der Waals surface area (Å²) in [5.74, 6) is -0.641. The Balaban J connectivity index is 1.56. The van der Waals surface area contributed by atoms with Crippen LogP contribution in [0.25, 0.3) is 0 Å². The minimum absolute atomic E-state index is 0.0518. The van der Waals surface area contributed by atoms with Gasteiger partial charge in [-0.2, -0.15) is 5.10 Å². The van der Waals surface area contributed by atoms with Crippen molar-refractivity contribution < 1.29 is 18.7 Å². The number of carbonyl (C=O) groups is 2. The Bertz CT molecular complexity index is 1140. The van der Waals surface area contributed by atoms with Crippen LogP contribution in [0.2, 0.25) is 5.02 Å². The standard InChI is InChI=1S/C29H36ClFN4O3/c1-29(2,3)19-27(36)34(13-12-33-14-16-38-17-15-33)20-28(37)35-26(22-4-8-23(30)9-5-22)18-25(32-35)21-6-10-24(31)11-7-21/h4-11,26H,12-20H2,1-3H3. The first kappa shape index (κ1) is 28.2. The van der Waals surface area contributed by atoms with E-state index in [0.29, 0.717) is 49.9 Å². The van der Waals surface area contributed by atoms with Crippen molar-refractivity contribution in [1.82, 2.24) is 14.8 Å². The monoisotopic (exact) mass is 542 g/mol. The number of hydrogen-bond acceptors (Lipinski definition) is 5. The molecule has 4 rings (SSSR count). The van der Waals surface area contributed by atoms with Gasteiger partial charge in [-0.15, -0.1) is 0 Å². The van der Waals surface area contributed by atoms with Crippen LogP contribution < -0.4 is 0 Å². The van der Waals surface area contributed by atoms with E-state index in [2.05, 4.69) is 10.0 Å². The topological polar surface area (TPSA) is 65.5 Å². The molecule has 1 unspecified atom stereocenters. The fourth-order valence-corrected chi connectivity index (χ4v) is 4.81. The van der Waals surface area contributed by atoms with Crippen LogP contribution in [0.5, 0.6) is 0 Å². The van der Waals surface area contributed by atoms with Gasteiger partial charge in [0, 0.05) is 44.0 Å². The Morgan fingerprint density at radius 1 is 1.08 bits per heavy atom. The molecule has 2 aliphatic rings. The lowest BCUT2D eigenvalue weighted by atomic mass is 9.91. The first-order valence-corrected chi connectivity index (χ1v) is 13.5. The van der Waals surface area contributed by atoms with Crippen LogP contribution in [0.3, 0.4) is 0 Å². The van der Waals surface area contributed by atoms with Crippen molar-refractivity contribution in [2.45, 2.75) is 39.7 Å². The second-order valence-corrected chi connectivity index (χ2v) is 11.5. The summed E-state index contributed by atoms with van der Waals surface area (Å²) in [6.07, 6.45) is 0.816. The maximum atomic E-state index is 13.8. The highest BCUT2D eigenvalue weighted by atomic mass is 35.5. The summed E-state index contributed by atoms with van der Waals surface area (Å²) >= 11 is 6.11. The Hall–Kier alpha value is -2.81. The van der Waals surface area contributed by atoms with E-state index in [1.165, 1.54) is 17.1 Å². The molecule has 2 heterocycles. The second-order valence-electron chi connectivity index (χ2n) is 11.1. The van der Waals surface area contributed by atoms with Crippen molar-refractivity contribution in [3.05, 3.63) is 70.5 Å². The van der Waals surface area contributed by atoms with Gasteiger partial charge in [-0.05, 0) is 40.8 Å². The van der Waals surface area contributed by atoms with Crippen LogP contribution in [0.15, 0.2) is 53.6 Å². The Morgan fingerprint density at radius 2 is 1.74 bits per heavy atom. The van der Waals surface area contributed by atoms with Gasteiger partial charge in [0.1, 0.15) is 12.4 Å². The highest BCUT2D eigenvalue weighted by Crippen LogP contribution is 2.33. The molecule has 0 aliphatic carbocycles. The average Bonchev–Trinajstić information content (AvgIpc) is 3.32. The molecule has 7 nitrogen and oxygen atoms in total. The van der Waals surface area contributed by atoms with E-state index in [-0.39, 0.29) is 35.6 Å². The zero-order valence-electron chi connectivity index (χ0n) is 22.3. The van der Waals surface area contributed by atoms with Crippen molar-refractivity contribution >= 4 is 29.1 Å². The molecule has 1 atom stereocenters. The molecule has 0 bridgehead atoms. The van der Waals surface area contributed by atoms with Crippen LogP contribution in [-0.4, -0.2) is 78.3 Å². The van der Waals surface area contributed by atoms with E-state index in [9.17, 15) is 14.0 Å². The Labute approximate surface area is 229 Å². The fourth-order valence-electron chi connectivity index (χ4n) is 4.68. The molecule has 0 N–H and O–H groups in total. The number of hydrogen-bond donors (Lipinski definition) is 0. The normalized spacial score (nSPS) is 18.4. The quantitative estimate of drug-likeness (QED) is 0.483. The van der Waals surface area contributed by atoms with E-state index in [1.807, 2.05) is 32.9 Å². The highest BCUT2D eigenvalue weighted by molar-refractivity contribution is 6.30. The minimum Gasteiger partial charge on any atom is -0.379 e. The molecule has 0 aromatic heterocycles. The summed E-state index contributed by atoms with van der Waals surface area (Å²) in [5.41, 5.74) is 2.14. The average molecular weight is 543 g/mol. The number of ether oxygens (including phenoxy) is 1. The zero-order valence-corrected chi connectivity index (χ0v) is 23.1. The molecule has 9 heteroatoms. The summed E-state index contributed by atoms with van der Waals surface area (Å²) < 4.78 is 19.0. The number of benzene rings is 2. The van der Waals surface area contributed by atoms with Gasteiger partial charge in [-0.1, -0.05) is 56.6 Å². The van der Waals surface area contributed by atoms with Crippen molar-refractivity contribution in [2.75, 3.05) is 45.9 Å². The summed E-state index contributed by atoms with van der Waals surface area (Å²) in [6, 6.07) is 13.1. The molecule has 38 heavy (non-hydrogen) atoms. The molecule has 204 valence electrons. The predicted molar refractivity (Wildman–Crippen MR) is 147 cm³/mol. The van der Waals surface area contributed by atoms with Gasteiger partial charge in [0.2, 0.25) is 5.91 Å². The molecular weight excluding hydrogens is 507 g/mol. The molecule has 2 aromatic carbocycles. The number of halogens is 2. The van der Waals surface area contributed by atoms with Gasteiger partial charge in [-0.3, -0.25) is 14.5 Å². The first-order valence-electron chi connectivity index (χ1n) is 13.1. The lowest BCUT2D eigenvalue weighted by molar-refractivity contribution is -0.142. The van der Waals surface area contributed by atoms with Crippen LogP contribution >= 0.6 is 11.6 Å². The number of hydrazone groups is 1. The molecule has 1 saturated heterocycles. The van der Waals surface area contributed by atoms with Crippen LogP contribution in [0, 0.1) is 11.2 Å². The van der Waals surface area contributed by atoms with Crippen molar-refractivity contribution in [3.8, 4) is 0 Å². The van der Waals surface area contributed by atoms with E-state index in [1.54, 1.807) is 29.2 Å². The Morgan fingerprint density at radius 3 is 2.37 bits per heavy atom. The van der Waals surface area contributed by atoms with Gasteiger partial charge >= 0.3 is 0 Å². The van der Waals surface area contributed by atoms with Crippen molar-refractivity contribution in [1.29, 1.82) is 0 Å². The minimum atomic E-state index is -0.348. The highest BCUT2D eigenvalue weighted by Gasteiger charge is 2.35. The Kier molecular flexibility index (Phi) is 9.18. The number of rotatable bonds is 8. The number of morpholine rings is 1. The lowest BCUT2D eigenvalue weighted by Crippen LogP contribution is -2.47. The molecule has 2 aliphatic heterocycles. The molecule has 2 amide bonds. The lowest BCUT2D eigenvalue weighted by Gasteiger charge is -2.32. The van der Waals surface area contributed by atoms with Gasteiger partial charge in [0.05, 0.1) is 25.0 Å². The molecular formula is C29H36ClFN4O3. The van der Waals surface area contributed by atoms with Crippen LogP contribution in [0.4, 0.5) is 4.39 Å². The summed E-state index contributed by atoms with van der Waals surface area (Å²) in [6.45, 7) is 10.1. The zero-order chi connectivity index (χ0) is 27.3. The summed E-state index contributed by atoms with van der Waals surface area (Å²) in [5, 5.41) is 6.77. The maximum Gasteiger partial charge on any atom is 0.262 e. The molecule has 1 fully saturated rings. The van der Waals surface area contributed by atoms with Gasteiger partial charge in [0.25, 0.3) is 5.91 Å². The van der Waals surface area contributed by atoms with E-state index in [4.69, 9.17) is 16.3 Å². The third-order valence-electron chi connectivity index (χ3n) is 6.75. The molecule has 0 radical (unpaired) electrons. The van der Waals surface area contributed by atoms with Crippen molar-refractivity contribution in [2.24, 2.45) is 10.5 Å². The largest absolute Gasteiger partial charge is 0.379 e. The maximum absolute atomic E-state index is 13.8. The SMILES string of the molecule is CC(C)(C)CC(=O)N(CCN1CCOCC1)CC(=O)N1N=C(c2ccc(F)cc2)CC1c1ccc(Cl)cc1. The molecule has 0 spiro atoms. The van der Waals surface area contributed by atoms with E-state index >= 15 is 0 Å². The number of carbonyl (C=O) groups excluding carboxylic acids is 2. The number of amides is 2. The second kappa shape index (κ2) is 12.4. The van der Waals surface area contributed by atoms with Gasteiger partial charge in [0.15, 0.2) is 0 Å². The molecule has 0 saturated carbocycles. The summed E-state index contributed by atoms with van der Waals surface area (Å²) in [4.78, 5) is 31.0. The third kappa shape index (κ3) is 7.62. The van der Waals surface area contributed by atoms with Gasteiger partial charge in [-0.25, -0.2) is 9.40 Å². The number of nitrogens with zero attached hydrogens (tertiary/aromatic N) is 4. The predicted octanol–water partition coefficient (Wildman–Crippen LogP) is 4.75. The van der Waals surface area contributed by atoms with Crippen molar-refractivity contribution in [3.63, 3.8) is 0 Å². The van der Waals surface area contributed by atoms with E-state index in [0.717, 1.165) is 24.2 Å². The first-order chi connectivity index (χ1) is 18.1.